The van der Waals surface area contributed by atoms with Crippen molar-refractivity contribution in [3.63, 3.8) is 0 Å². The molecule has 1 N–H and O–H groups in total. The monoisotopic (exact) mass is 205 g/mol. The van der Waals surface area contributed by atoms with Crippen LogP contribution in [0.3, 0.4) is 0 Å². The zero-order valence-corrected chi connectivity index (χ0v) is 8.86. The third-order valence-corrected chi connectivity index (χ3v) is 2.68. The van der Waals surface area contributed by atoms with Crippen molar-refractivity contribution in [2.45, 2.75) is 26.2 Å². The molecule has 0 spiro atoms. The van der Waals surface area contributed by atoms with E-state index in [1.807, 2.05) is 19.1 Å². The van der Waals surface area contributed by atoms with Gasteiger partial charge in [0.1, 0.15) is 5.75 Å². The molecule has 2 rings (SSSR count). The fourth-order valence-corrected chi connectivity index (χ4v) is 1.98. The first kappa shape index (κ1) is 10.0. The third-order valence-electron chi connectivity index (χ3n) is 2.68. The molecule has 0 atom stereocenters. The van der Waals surface area contributed by atoms with Gasteiger partial charge >= 0.3 is 0 Å². The van der Waals surface area contributed by atoms with E-state index in [0.29, 0.717) is 6.61 Å². The van der Waals surface area contributed by atoms with Gasteiger partial charge in [0.15, 0.2) is 0 Å². The topological polar surface area (TPSA) is 41.8 Å². The highest BCUT2D eigenvalue weighted by Crippen LogP contribution is 2.25. The minimum Gasteiger partial charge on any atom is -0.494 e. The van der Waals surface area contributed by atoms with Gasteiger partial charge in [-0.05, 0) is 43.9 Å². The summed E-state index contributed by atoms with van der Waals surface area (Å²) in [6.07, 6.45) is 2.96. The second kappa shape index (κ2) is 4.34. The van der Waals surface area contributed by atoms with Crippen molar-refractivity contribution in [3.8, 4) is 5.75 Å². The summed E-state index contributed by atoms with van der Waals surface area (Å²) in [6.45, 7) is 2.62. The maximum absolute atomic E-state index is 8.91. The number of fused-ring (bicyclic) bond motifs is 1. The van der Waals surface area contributed by atoms with E-state index in [2.05, 4.69) is 11.2 Å². The normalized spacial score (nSPS) is 17.5. The van der Waals surface area contributed by atoms with Crippen LogP contribution >= 0.6 is 0 Å². The molecule has 3 heteroatoms. The summed E-state index contributed by atoms with van der Waals surface area (Å²) < 4.78 is 5.43. The van der Waals surface area contributed by atoms with E-state index >= 15 is 0 Å². The van der Waals surface area contributed by atoms with Gasteiger partial charge in [0, 0.05) is 5.56 Å². The highest BCUT2D eigenvalue weighted by atomic mass is 16.5. The summed E-state index contributed by atoms with van der Waals surface area (Å²) in [6, 6.07) is 6.00. The Hall–Kier alpha value is -1.51. The second-order valence-corrected chi connectivity index (χ2v) is 3.65. The van der Waals surface area contributed by atoms with Gasteiger partial charge in [-0.2, -0.15) is 0 Å². The molecule has 0 amide bonds. The van der Waals surface area contributed by atoms with Crippen LogP contribution in [0.2, 0.25) is 0 Å². The summed E-state index contributed by atoms with van der Waals surface area (Å²) >= 11 is 0. The lowest BCUT2D eigenvalue weighted by molar-refractivity contribution is 0.317. The van der Waals surface area contributed by atoms with Crippen LogP contribution < -0.4 is 4.74 Å². The largest absolute Gasteiger partial charge is 0.494 e. The quantitative estimate of drug-likeness (QED) is 0.595. The average Bonchev–Trinajstić information content (AvgIpc) is 2.28. The van der Waals surface area contributed by atoms with Gasteiger partial charge in [-0.3, -0.25) is 0 Å². The highest BCUT2D eigenvalue weighted by molar-refractivity contribution is 6.02. The Kier molecular flexibility index (Phi) is 2.90. The lowest BCUT2D eigenvalue weighted by Gasteiger charge is -2.17. The Bertz CT molecular complexity index is 385. The van der Waals surface area contributed by atoms with Crippen molar-refractivity contribution >= 4 is 5.71 Å². The number of benzene rings is 1. The average molecular weight is 205 g/mol. The summed E-state index contributed by atoms with van der Waals surface area (Å²) in [4.78, 5) is 0. The van der Waals surface area contributed by atoms with Crippen LogP contribution in [0, 0.1) is 0 Å². The number of ether oxygens (including phenoxy) is 1. The van der Waals surface area contributed by atoms with Gasteiger partial charge in [0.05, 0.1) is 12.3 Å². The van der Waals surface area contributed by atoms with Gasteiger partial charge < -0.3 is 9.94 Å². The Labute approximate surface area is 89.4 Å². The van der Waals surface area contributed by atoms with Gasteiger partial charge in [-0.25, -0.2) is 0 Å². The van der Waals surface area contributed by atoms with Gasteiger partial charge in [0.25, 0.3) is 0 Å². The van der Waals surface area contributed by atoms with E-state index in [0.717, 1.165) is 36.3 Å². The summed E-state index contributed by atoms with van der Waals surface area (Å²) in [5, 5.41) is 12.3. The molecule has 0 heterocycles. The summed E-state index contributed by atoms with van der Waals surface area (Å²) in [7, 11) is 0. The number of nitrogens with zero attached hydrogens (tertiary/aromatic N) is 1. The fourth-order valence-electron chi connectivity index (χ4n) is 1.98. The Morgan fingerprint density at radius 2 is 2.27 bits per heavy atom. The molecule has 80 valence electrons. The van der Waals surface area contributed by atoms with E-state index in [1.165, 1.54) is 5.56 Å². The van der Waals surface area contributed by atoms with Crippen LogP contribution in [0.15, 0.2) is 23.4 Å². The molecule has 0 saturated heterocycles. The van der Waals surface area contributed by atoms with Crippen LogP contribution in [-0.2, 0) is 6.42 Å². The van der Waals surface area contributed by atoms with Crippen molar-refractivity contribution in [2.24, 2.45) is 5.16 Å². The molecular weight excluding hydrogens is 190 g/mol. The number of aryl methyl sites for hydroxylation is 1. The standard InChI is InChI=1S/C12H15NO2/c1-2-15-10-7-6-9-4-3-5-12(13-14)11(9)8-10/h6-8,14H,2-5H2,1H3/b13-12-. The van der Waals surface area contributed by atoms with Crippen LogP contribution in [0.4, 0.5) is 0 Å². The molecule has 1 aliphatic rings. The van der Waals surface area contributed by atoms with Gasteiger partial charge in [0.2, 0.25) is 0 Å². The zero-order chi connectivity index (χ0) is 10.7. The van der Waals surface area contributed by atoms with E-state index in [4.69, 9.17) is 9.94 Å². The van der Waals surface area contributed by atoms with Crippen molar-refractivity contribution in [2.75, 3.05) is 6.61 Å². The molecule has 0 saturated carbocycles. The molecule has 1 aromatic carbocycles. The number of oxime groups is 1. The Morgan fingerprint density at radius 1 is 1.40 bits per heavy atom. The molecule has 3 nitrogen and oxygen atoms in total. The fraction of sp³-hybridized carbons (Fsp3) is 0.417. The maximum atomic E-state index is 8.91. The van der Waals surface area contributed by atoms with Crippen molar-refractivity contribution in [3.05, 3.63) is 29.3 Å². The van der Waals surface area contributed by atoms with E-state index < -0.39 is 0 Å². The molecule has 0 bridgehead atoms. The Morgan fingerprint density at radius 3 is 3.00 bits per heavy atom. The van der Waals surface area contributed by atoms with Crippen LogP contribution in [0.5, 0.6) is 5.75 Å². The first-order chi connectivity index (χ1) is 7.35. The predicted molar refractivity (Wildman–Crippen MR) is 58.9 cm³/mol. The van der Waals surface area contributed by atoms with Crippen molar-refractivity contribution in [1.82, 2.24) is 0 Å². The first-order valence-electron chi connectivity index (χ1n) is 5.32. The molecule has 0 fully saturated rings. The minimum absolute atomic E-state index is 0.657. The molecule has 0 unspecified atom stereocenters. The van der Waals surface area contributed by atoms with Crippen LogP contribution in [-0.4, -0.2) is 17.5 Å². The molecule has 1 aliphatic carbocycles. The first-order valence-corrected chi connectivity index (χ1v) is 5.32. The van der Waals surface area contributed by atoms with Crippen LogP contribution in [0.1, 0.15) is 30.9 Å². The number of hydrogen-bond donors (Lipinski definition) is 1. The summed E-state index contributed by atoms with van der Waals surface area (Å²) in [5.41, 5.74) is 3.06. The van der Waals surface area contributed by atoms with Crippen molar-refractivity contribution in [1.29, 1.82) is 0 Å². The minimum atomic E-state index is 0.657. The van der Waals surface area contributed by atoms with Crippen LogP contribution in [0.25, 0.3) is 0 Å². The van der Waals surface area contributed by atoms with E-state index in [9.17, 15) is 0 Å². The predicted octanol–water partition coefficient (Wildman–Crippen LogP) is 2.60. The van der Waals surface area contributed by atoms with E-state index in [1.54, 1.807) is 0 Å². The maximum Gasteiger partial charge on any atom is 0.119 e. The highest BCUT2D eigenvalue weighted by Gasteiger charge is 2.16. The SMILES string of the molecule is CCOc1ccc2c(c1)/C(=N\O)CCC2. The molecule has 0 aromatic heterocycles. The molecular formula is C12H15NO2. The van der Waals surface area contributed by atoms with Gasteiger partial charge in [-0.15, -0.1) is 0 Å². The number of hydrogen-bond acceptors (Lipinski definition) is 3. The summed E-state index contributed by atoms with van der Waals surface area (Å²) in [5.74, 6) is 0.847. The smallest absolute Gasteiger partial charge is 0.119 e. The van der Waals surface area contributed by atoms with Crippen molar-refractivity contribution < 1.29 is 9.94 Å². The molecule has 0 aliphatic heterocycles. The molecule has 1 aromatic rings. The zero-order valence-electron chi connectivity index (χ0n) is 8.86. The molecule has 0 radical (unpaired) electrons. The molecule has 15 heavy (non-hydrogen) atoms. The van der Waals surface area contributed by atoms with E-state index in [-0.39, 0.29) is 0 Å². The van der Waals surface area contributed by atoms with Gasteiger partial charge in [-0.1, -0.05) is 11.2 Å². The second-order valence-electron chi connectivity index (χ2n) is 3.65. The number of rotatable bonds is 2. The third kappa shape index (κ3) is 1.96. The lowest BCUT2D eigenvalue weighted by atomic mass is 9.90. The lowest BCUT2D eigenvalue weighted by Crippen LogP contribution is -2.12. The Balaban J connectivity index is 2.39.